The van der Waals surface area contributed by atoms with Gasteiger partial charge in [0.1, 0.15) is 5.75 Å². The van der Waals surface area contributed by atoms with Crippen LogP contribution in [0.4, 0.5) is 0 Å². The molecule has 0 aliphatic rings. The molecule has 2 aromatic carbocycles. The van der Waals surface area contributed by atoms with E-state index in [0.29, 0.717) is 38.5 Å². The fourth-order valence-corrected chi connectivity index (χ4v) is 5.09. The summed E-state index contributed by atoms with van der Waals surface area (Å²) in [5.41, 5.74) is 6.02. The van der Waals surface area contributed by atoms with Crippen molar-refractivity contribution < 1.29 is 19.4 Å². The number of carbonyl (C=O) groups is 2. The van der Waals surface area contributed by atoms with Gasteiger partial charge in [-0.2, -0.15) is 0 Å². The summed E-state index contributed by atoms with van der Waals surface area (Å²) in [5, 5.41) is 13.7. The zero-order valence-electron chi connectivity index (χ0n) is 24.3. The number of benzene rings is 2. The number of ether oxygens (including phenoxy) is 1. The third-order valence-corrected chi connectivity index (χ3v) is 7.46. The molecule has 5 nitrogen and oxygen atoms in total. The molecule has 0 saturated carbocycles. The van der Waals surface area contributed by atoms with Crippen molar-refractivity contribution in [3.05, 3.63) is 99.3 Å². The van der Waals surface area contributed by atoms with E-state index in [4.69, 9.17) is 16.3 Å². The number of allylic oxidation sites excluding steroid dienone is 6. The molecule has 1 heterocycles. The van der Waals surface area contributed by atoms with Crippen molar-refractivity contribution in [1.82, 2.24) is 4.57 Å². The van der Waals surface area contributed by atoms with Gasteiger partial charge in [0.25, 0.3) is 5.91 Å². The van der Waals surface area contributed by atoms with Gasteiger partial charge in [0.2, 0.25) is 0 Å². The second kappa shape index (κ2) is 14.2. The fourth-order valence-electron chi connectivity index (χ4n) is 4.96. The Morgan fingerprint density at radius 2 is 1.57 bits per heavy atom. The number of nitrogens with zero attached hydrogens (tertiary/aromatic N) is 1. The van der Waals surface area contributed by atoms with Gasteiger partial charge in [-0.25, -0.2) is 0 Å². The highest BCUT2D eigenvalue weighted by Gasteiger charge is 2.26. The topological polar surface area (TPSA) is 71.4 Å². The summed E-state index contributed by atoms with van der Waals surface area (Å²) in [7, 11) is 1.56. The predicted octanol–water partition coefficient (Wildman–Crippen LogP) is 7.94. The quantitative estimate of drug-likeness (QED) is 0.211. The van der Waals surface area contributed by atoms with Gasteiger partial charge in [-0.05, 0) is 115 Å². The zero-order valence-corrected chi connectivity index (χ0v) is 25.1. The second-order valence-electron chi connectivity index (χ2n) is 10.6. The Morgan fingerprint density at radius 3 is 2.17 bits per heavy atom. The molecule has 3 rings (SSSR count). The molecule has 1 unspecified atom stereocenters. The van der Waals surface area contributed by atoms with E-state index in [1.165, 1.54) is 11.1 Å². The lowest BCUT2D eigenvalue weighted by Crippen LogP contribution is -2.30. The summed E-state index contributed by atoms with van der Waals surface area (Å²) in [5.74, 6) is -1.78. The van der Waals surface area contributed by atoms with E-state index in [9.17, 15) is 14.7 Å². The van der Waals surface area contributed by atoms with Crippen molar-refractivity contribution in [2.75, 3.05) is 7.11 Å². The minimum Gasteiger partial charge on any atom is -0.549 e. The van der Waals surface area contributed by atoms with Gasteiger partial charge in [0, 0.05) is 33.6 Å². The van der Waals surface area contributed by atoms with Crippen molar-refractivity contribution >= 4 is 34.4 Å². The standard InChI is InChI=1S/C34H40ClNO4/c1-22(2)9-7-10-23(3)11-8-12-24(4)13-19-29(34(38)39)32-25(5)36(31-20-18-28(40-6)21-30(31)32)33(37)26-14-16-27(35)17-15-26/h9,11,13-18,20-21,29H,7-8,10,12,19H2,1-6H3,(H,38,39)/p-1. The maximum atomic E-state index is 13.6. The highest BCUT2D eigenvalue weighted by atomic mass is 35.5. The Hall–Kier alpha value is -3.57. The number of rotatable bonds is 12. The molecule has 0 aliphatic heterocycles. The first kappa shape index (κ1) is 31.0. The van der Waals surface area contributed by atoms with Gasteiger partial charge in [-0.15, -0.1) is 0 Å². The minimum atomic E-state index is -1.18. The maximum absolute atomic E-state index is 13.6. The number of carboxylic acid groups (broad SMARTS) is 1. The van der Waals surface area contributed by atoms with Crippen LogP contribution in [0.3, 0.4) is 0 Å². The monoisotopic (exact) mass is 560 g/mol. The van der Waals surface area contributed by atoms with Crippen LogP contribution in [0.5, 0.6) is 5.75 Å². The molecule has 3 aromatic rings. The first-order chi connectivity index (χ1) is 19.0. The molecule has 6 heteroatoms. The number of aliphatic carboxylic acids is 1. The molecule has 0 N–H and O–H groups in total. The van der Waals surface area contributed by atoms with Crippen molar-refractivity contribution in [3.63, 3.8) is 0 Å². The third-order valence-electron chi connectivity index (χ3n) is 7.21. The molecule has 212 valence electrons. The number of carbonyl (C=O) groups excluding carboxylic acids is 2. The first-order valence-electron chi connectivity index (χ1n) is 13.7. The summed E-state index contributed by atoms with van der Waals surface area (Å²) >= 11 is 6.03. The molecule has 1 aromatic heterocycles. The highest BCUT2D eigenvalue weighted by molar-refractivity contribution is 6.30. The lowest BCUT2D eigenvalue weighted by molar-refractivity contribution is -0.307. The molecule has 0 saturated heterocycles. The van der Waals surface area contributed by atoms with Crippen molar-refractivity contribution in [1.29, 1.82) is 0 Å². The molecule has 0 amide bonds. The summed E-state index contributed by atoms with van der Waals surface area (Å²) in [6.45, 7) is 10.2. The Morgan fingerprint density at radius 1 is 0.950 bits per heavy atom. The normalized spacial score (nSPS) is 12.9. The maximum Gasteiger partial charge on any atom is 0.262 e. The van der Waals surface area contributed by atoms with Gasteiger partial charge >= 0.3 is 0 Å². The number of carboxylic acids is 1. The largest absolute Gasteiger partial charge is 0.549 e. The van der Waals surface area contributed by atoms with E-state index in [2.05, 4.69) is 32.9 Å². The lowest BCUT2D eigenvalue weighted by atomic mass is 9.91. The number of methoxy groups -OCH3 is 1. The number of aromatic nitrogens is 1. The van der Waals surface area contributed by atoms with Crippen molar-refractivity contribution in [2.24, 2.45) is 0 Å². The summed E-state index contributed by atoms with van der Waals surface area (Å²) in [4.78, 5) is 26.1. The summed E-state index contributed by atoms with van der Waals surface area (Å²) in [6.07, 6.45) is 10.6. The number of hydrogen-bond donors (Lipinski definition) is 0. The summed E-state index contributed by atoms with van der Waals surface area (Å²) < 4.78 is 7.00. The molecule has 40 heavy (non-hydrogen) atoms. The van der Waals surface area contributed by atoms with E-state index < -0.39 is 11.9 Å². The van der Waals surface area contributed by atoms with E-state index in [-0.39, 0.29) is 12.3 Å². The van der Waals surface area contributed by atoms with Crippen LogP contribution in [0.15, 0.2) is 77.4 Å². The molecule has 0 bridgehead atoms. The molecular weight excluding hydrogens is 522 g/mol. The van der Waals surface area contributed by atoms with Crippen LogP contribution in [-0.2, 0) is 4.79 Å². The smallest absolute Gasteiger partial charge is 0.262 e. The van der Waals surface area contributed by atoms with E-state index in [0.717, 1.165) is 31.3 Å². The van der Waals surface area contributed by atoms with Crippen LogP contribution in [0, 0.1) is 6.92 Å². The third kappa shape index (κ3) is 7.76. The molecule has 0 spiro atoms. The lowest BCUT2D eigenvalue weighted by Gasteiger charge is -2.18. The predicted molar refractivity (Wildman–Crippen MR) is 162 cm³/mol. The fraction of sp³-hybridized carbons (Fsp3) is 0.353. The zero-order chi connectivity index (χ0) is 29.4. The summed E-state index contributed by atoms with van der Waals surface area (Å²) in [6, 6.07) is 12.0. The van der Waals surface area contributed by atoms with Gasteiger partial charge in [-0.3, -0.25) is 9.36 Å². The van der Waals surface area contributed by atoms with E-state index in [1.807, 2.05) is 13.0 Å². The SMILES string of the molecule is COc1ccc2c(c1)c(C(CC=C(C)CCC=C(C)CCC=C(C)C)C(=O)[O-])c(C)n2C(=O)c1ccc(Cl)cc1. The Bertz CT molecular complexity index is 1450. The Kier molecular flexibility index (Phi) is 11.0. The van der Waals surface area contributed by atoms with Crippen LogP contribution in [0.25, 0.3) is 10.9 Å². The molecular formula is C34H39ClNO4-. The molecule has 0 aliphatic carbocycles. The van der Waals surface area contributed by atoms with Crippen molar-refractivity contribution in [2.45, 2.75) is 72.6 Å². The van der Waals surface area contributed by atoms with Crippen LogP contribution >= 0.6 is 11.6 Å². The van der Waals surface area contributed by atoms with Gasteiger partial charge in [-0.1, -0.05) is 46.5 Å². The minimum absolute atomic E-state index is 0.258. The number of fused-ring (bicyclic) bond motifs is 1. The van der Waals surface area contributed by atoms with Gasteiger partial charge in [0.15, 0.2) is 0 Å². The van der Waals surface area contributed by atoms with Crippen LogP contribution in [0.2, 0.25) is 5.02 Å². The number of halogens is 1. The molecule has 1 atom stereocenters. The van der Waals surface area contributed by atoms with Crippen LogP contribution in [0.1, 0.15) is 87.3 Å². The van der Waals surface area contributed by atoms with Gasteiger partial charge < -0.3 is 14.6 Å². The average molecular weight is 561 g/mol. The van der Waals surface area contributed by atoms with E-state index >= 15 is 0 Å². The molecule has 0 radical (unpaired) electrons. The van der Waals surface area contributed by atoms with E-state index in [1.54, 1.807) is 61.1 Å². The molecule has 0 fully saturated rings. The second-order valence-corrected chi connectivity index (χ2v) is 11.0. The Balaban J connectivity index is 1.91. The Labute approximate surface area is 242 Å². The van der Waals surface area contributed by atoms with Crippen LogP contribution < -0.4 is 9.84 Å². The number of hydrogen-bond acceptors (Lipinski definition) is 4. The highest BCUT2D eigenvalue weighted by Crippen LogP contribution is 2.36. The first-order valence-corrected chi connectivity index (χ1v) is 14.1. The van der Waals surface area contributed by atoms with Crippen molar-refractivity contribution in [3.8, 4) is 5.75 Å². The van der Waals surface area contributed by atoms with Crippen LogP contribution in [-0.4, -0.2) is 23.6 Å². The van der Waals surface area contributed by atoms with Gasteiger partial charge in [0.05, 0.1) is 12.6 Å². The average Bonchev–Trinajstić information content (AvgIpc) is 3.19.